The number of likely N-dealkylation sites (tertiary alicyclic amines) is 1. The van der Waals surface area contributed by atoms with Crippen LogP contribution in [0.25, 0.3) is 0 Å². The summed E-state index contributed by atoms with van der Waals surface area (Å²) in [5.41, 5.74) is 3.40. The van der Waals surface area contributed by atoms with Crippen molar-refractivity contribution in [3.63, 3.8) is 0 Å². The highest BCUT2D eigenvalue weighted by molar-refractivity contribution is 5.89. The van der Waals surface area contributed by atoms with Crippen LogP contribution in [0.2, 0.25) is 0 Å². The van der Waals surface area contributed by atoms with Gasteiger partial charge in [0.1, 0.15) is 12.4 Å². The van der Waals surface area contributed by atoms with Gasteiger partial charge in [-0.25, -0.2) is 9.59 Å². The van der Waals surface area contributed by atoms with E-state index in [-0.39, 0.29) is 23.3 Å². The zero-order chi connectivity index (χ0) is 28.5. The Kier molecular flexibility index (Phi) is 7.66. The third-order valence-corrected chi connectivity index (χ3v) is 8.34. The molecule has 6 rings (SSSR count). The fraction of sp³-hybridized carbons (Fsp3) is 0.375. The zero-order valence-corrected chi connectivity index (χ0v) is 22.6. The average Bonchev–Trinajstić information content (AvgIpc) is 3.52. The molecule has 214 valence electrons. The van der Waals surface area contributed by atoms with E-state index < -0.39 is 29.9 Å². The number of hydrogen-bond acceptors (Lipinski definition) is 9. The summed E-state index contributed by atoms with van der Waals surface area (Å²) in [6.07, 6.45) is -0.682. The van der Waals surface area contributed by atoms with Crippen molar-refractivity contribution in [1.29, 1.82) is 0 Å². The van der Waals surface area contributed by atoms with E-state index in [0.29, 0.717) is 25.0 Å². The molecule has 0 amide bonds. The number of rotatable bonds is 6. The van der Waals surface area contributed by atoms with Crippen molar-refractivity contribution in [2.75, 3.05) is 26.2 Å². The largest absolute Gasteiger partial charge is 0.502 e. The Hall–Kier alpha value is -3.92. The summed E-state index contributed by atoms with van der Waals surface area (Å²) in [4.78, 5) is 27.5. The normalized spacial score (nSPS) is 24.4. The van der Waals surface area contributed by atoms with Crippen molar-refractivity contribution in [3.8, 4) is 23.0 Å². The lowest BCUT2D eigenvalue weighted by atomic mass is 9.69. The molecule has 3 N–H and O–H groups in total. The maximum atomic E-state index is 12.6. The van der Waals surface area contributed by atoms with Crippen molar-refractivity contribution in [2.45, 2.75) is 49.7 Å². The molecule has 0 saturated carbocycles. The number of carbonyl (C=O) groups excluding carboxylic acids is 2. The van der Waals surface area contributed by atoms with Gasteiger partial charge in [0.15, 0.2) is 23.7 Å². The number of aliphatic hydroxyl groups excluding tert-OH is 2. The quantitative estimate of drug-likeness (QED) is 0.308. The number of phenols is 1. The molecule has 41 heavy (non-hydrogen) atoms. The molecule has 9 heteroatoms. The molecule has 2 heterocycles. The fourth-order valence-electron chi connectivity index (χ4n) is 6.22. The average molecular weight is 560 g/mol. The van der Waals surface area contributed by atoms with Crippen LogP contribution in [-0.2, 0) is 16.0 Å². The fourth-order valence-corrected chi connectivity index (χ4v) is 6.22. The number of esters is 2. The van der Waals surface area contributed by atoms with Crippen LogP contribution >= 0.6 is 0 Å². The molecule has 0 radical (unpaired) electrons. The number of fused-ring (bicyclic) bond motifs is 4. The first-order chi connectivity index (χ1) is 19.9. The molecule has 1 saturated heterocycles. The van der Waals surface area contributed by atoms with Crippen LogP contribution in [0.4, 0.5) is 0 Å². The van der Waals surface area contributed by atoms with Crippen LogP contribution in [0.1, 0.15) is 53.4 Å². The Balaban J connectivity index is 1.38. The van der Waals surface area contributed by atoms with Gasteiger partial charge in [0.2, 0.25) is 5.75 Å². The zero-order valence-electron chi connectivity index (χ0n) is 22.6. The molecular weight excluding hydrogens is 526 g/mol. The third kappa shape index (κ3) is 5.40. The molecule has 1 aliphatic carbocycles. The first-order valence-corrected chi connectivity index (χ1v) is 14.1. The second kappa shape index (κ2) is 11.5. The number of aromatic hydroxyl groups is 1. The number of ether oxygens (including phenoxy) is 3. The van der Waals surface area contributed by atoms with E-state index in [1.807, 2.05) is 42.5 Å². The molecule has 4 unspecified atom stereocenters. The molecule has 3 aliphatic rings. The minimum atomic E-state index is -2.15. The lowest BCUT2D eigenvalue weighted by Crippen LogP contribution is -2.43. The molecule has 0 aromatic heterocycles. The number of carbonyl (C=O) groups is 2. The second-order valence-corrected chi connectivity index (χ2v) is 10.9. The molecule has 0 spiro atoms. The smallest absolute Gasteiger partial charge is 0.343 e. The summed E-state index contributed by atoms with van der Waals surface area (Å²) in [5, 5.41) is 31.2. The van der Waals surface area contributed by atoms with Gasteiger partial charge >= 0.3 is 11.9 Å². The summed E-state index contributed by atoms with van der Waals surface area (Å²) >= 11 is 0. The van der Waals surface area contributed by atoms with E-state index in [1.165, 1.54) is 12.8 Å². The van der Waals surface area contributed by atoms with Crippen LogP contribution in [-0.4, -0.2) is 70.6 Å². The molecule has 9 nitrogen and oxygen atoms in total. The Morgan fingerprint density at radius 1 is 0.878 bits per heavy atom. The Morgan fingerprint density at radius 3 is 2.27 bits per heavy atom. The van der Waals surface area contributed by atoms with Crippen LogP contribution in [0.15, 0.2) is 60.7 Å². The molecule has 1 fully saturated rings. The van der Waals surface area contributed by atoms with Crippen molar-refractivity contribution >= 4 is 11.9 Å². The van der Waals surface area contributed by atoms with Gasteiger partial charge in [0.05, 0.1) is 0 Å². The minimum absolute atomic E-state index is 0.0311. The Labute approximate surface area is 237 Å². The monoisotopic (exact) mass is 559 g/mol. The summed E-state index contributed by atoms with van der Waals surface area (Å²) in [6.45, 7) is 3.74. The van der Waals surface area contributed by atoms with Gasteiger partial charge in [-0.1, -0.05) is 42.5 Å². The maximum absolute atomic E-state index is 12.6. The third-order valence-electron chi connectivity index (χ3n) is 8.34. The van der Waals surface area contributed by atoms with E-state index in [2.05, 4.69) is 17.0 Å². The second-order valence-electron chi connectivity index (χ2n) is 10.9. The van der Waals surface area contributed by atoms with Gasteiger partial charge in [-0.3, -0.25) is 4.90 Å². The summed E-state index contributed by atoms with van der Waals surface area (Å²) in [5.74, 6) is -2.89. The van der Waals surface area contributed by atoms with E-state index in [4.69, 9.17) is 14.2 Å². The van der Waals surface area contributed by atoms with E-state index in [9.17, 15) is 24.9 Å². The van der Waals surface area contributed by atoms with Gasteiger partial charge in [-0.15, -0.1) is 0 Å². The Morgan fingerprint density at radius 2 is 1.56 bits per heavy atom. The van der Waals surface area contributed by atoms with Crippen LogP contribution in [0.3, 0.4) is 0 Å². The first-order valence-electron chi connectivity index (χ1n) is 14.1. The van der Waals surface area contributed by atoms with Gasteiger partial charge < -0.3 is 29.5 Å². The predicted molar refractivity (Wildman–Crippen MR) is 148 cm³/mol. The number of hydrogen-bond donors (Lipinski definition) is 3. The number of nitrogens with zero attached hydrogens (tertiary/aromatic N) is 1. The van der Waals surface area contributed by atoms with Crippen molar-refractivity contribution in [2.24, 2.45) is 0 Å². The van der Waals surface area contributed by atoms with Gasteiger partial charge in [-0.2, -0.15) is 0 Å². The van der Waals surface area contributed by atoms with Crippen LogP contribution in [0, 0.1) is 0 Å². The highest BCUT2D eigenvalue weighted by Gasteiger charge is 2.41. The number of phenolic OH excluding ortho intramolecular Hbond substituents is 1. The van der Waals surface area contributed by atoms with E-state index >= 15 is 0 Å². The lowest BCUT2D eigenvalue weighted by Gasteiger charge is -2.35. The highest BCUT2D eigenvalue weighted by atomic mass is 16.6. The Bertz CT molecular complexity index is 1420. The first kappa shape index (κ1) is 27.3. The molecule has 4 atom stereocenters. The topological polar surface area (TPSA) is 126 Å². The van der Waals surface area contributed by atoms with Crippen LogP contribution in [0.5, 0.6) is 23.0 Å². The standard InChI is InChI=1S/C32H33NO8/c34-27-25-18-24-23(30(27)41-32(38)29(36)28(35)31(37)40-25)13-12-22(19-6-2-1-3-7-19)26(24)20-8-10-21(11-9-20)39-17-16-33-14-4-5-15-33/h1-3,6-11,18,22,26,28-29,34-36H,4-5,12-17H2. The molecule has 2 aliphatic heterocycles. The molecule has 2 bridgehead atoms. The van der Waals surface area contributed by atoms with Crippen molar-refractivity contribution in [1.82, 2.24) is 4.90 Å². The van der Waals surface area contributed by atoms with Gasteiger partial charge in [0, 0.05) is 18.0 Å². The molecule has 3 aromatic rings. The van der Waals surface area contributed by atoms with Crippen molar-refractivity contribution < 1.29 is 39.1 Å². The van der Waals surface area contributed by atoms with E-state index in [0.717, 1.165) is 42.1 Å². The highest BCUT2D eigenvalue weighted by Crippen LogP contribution is 2.53. The maximum Gasteiger partial charge on any atom is 0.343 e. The van der Waals surface area contributed by atoms with Gasteiger partial charge in [-0.05, 0) is 79.6 Å². The lowest BCUT2D eigenvalue weighted by molar-refractivity contribution is -0.161. The molecular formula is C32H33NO8. The summed E-state index contributed by atoms with van der Waals surface area (Å²) in [6, 6.07) is 19.6. The van der Waals surface area contributed by atoms with E-state index in [1.54, 1.807) is 6.07 Å². The van der Waals surface area contributed by atoms with Crippen LogP contribution < -0.4 is 14.2 Å². The van der Waals surface area contributed by atoms with Gasteiger partial charge in [0.25, 0.3) is 0 Å². The minimum Gasteiger partial charge on any atom is -0.502 e. The predicted octanol–water partition coefficient (Wildman–Crippen LogP) is 3.27. The van der Waals surface area contributed by atoms with Crippen molar-refractivity contribution in [3.05, 3.63) is 82.9 Å². The summed E-state index contributed by atoms with van der Waals surface area (Å²) < 4.78 is 16.7. The number of benzene rings is 3. The SMILES string of the molecule is O=C1Oc2cc3c(c(c2O)OC(=O)C(O)C1O)CCC(c1ccccc1)C3c1ccc(OCCN2CCCC2)cc1. The number of aliphatic hydroxyl groups is 2. The summed E-state index contributed by atoms with van der Waals surface area (Å²) in [7, 11) is 0. The molecule has 3 aromatic carbocycles.